The Balaban J connectivity index is 1.78. The summed E-state index contributed by atoms with van der Waals surface area (Å²) in [6.07, 6.45) is 5.98. The predicted octanol–water partition coefficient (Wildman–Crippen LogP) is 0.486. The minimum absolute atomic E-state index is 0.275. The van der Waals surface area contributed by atoms with E-state index in [4.69, 9.17) is 0 Å². The zero-order valence-electron chi connectivity index (χ0n) is 12.0. The summed E-state index contributed by atoms with van der Waals surface area (Å²) in [7, 11) is -1.18. The molecule has 0 aromatic rings. The van der Waals surface area contributed by atoms with E-state index in [0.717, 1.165) is 19.6 Å². The van der Waals surface area contributed by atoms with E-state index in [2.05, 4.69) is 10.2 Å². The van der Waals surface area contributed by atoms with Gasteiger partial charge in [-0.3, -0.25) is 4.90 Å². The van der Waals surface area contributed by atoms with Crippen molar-refractivity contribution in [3.05, 3.63) is 0 Å². The molecule has 0 atom stereocenters. The van der Waals surface area contributed by atoms with Gasteiger partial charge < -0.3 is 5.32 Å². The molecule has 1 aliphatic carbocycles. The van der Waals surface area contributed by atoms with Gasteiger partial charge in [-0.1, -0.05) is 12.8 Å². The van der Waals surface area contributed by atoms with Crippen molar-refractivity contribution in [1.82, 2.24) is 14.5 Å². The smallest absolute Gasteiger partial charge is 0.214 e. The Morgan fingerprint density at radius 2 is 1.74 bits per heavy atom. The van der Waals surface area contributed by atoms with Crippen molar-refractivity contribution >= 4 is 10.0 Å². The number of sulfonamides is 1. The van der Waals surface area contributed by atoms with Gasteiger partial charge in [-0.2, -0.15) is 4.31 Å². The van der Waals surface area contributed by atoms with Gasteiger partial charge in [0.05, 0.1) is 5.75 Å². The lowest BCUT2D eigenvalue weighted by Crippen LogP contribution is -2.51. The van der Waals surface area contributed by atoms with Crippen molar-refractivity contribution in [2.24, 2.45) is 0 Å². The molecular weight excluding hydrogens is 262 g/mol. The first kappa shape index (κ1) is 15.2. The molecule has 0 aromatic heterocycles. The minimum Gasteiger partial charge on any atom is -0.320 e. The summed E-state index contributed by atoms with van der Waals surface area (Å²) < 4.78 is 26.0. The number of nitrogens with one attached hydrogen (secondary N) is 1. The summed E-state index contributed by atoms with van der Waals surface area (Å²) in [5, 5.41) is 3.00. The minimum atomic E-state index is -3.04. The second-order valence-corrected chi connectivity index (χ2v) is 7.73. The molecule has 1 heterocycles. The van der Waals surface area contributed by atoms with Crippen LogP contribution in [-0.2, 0) is 10.0 Å². The molecule has 1 aliphatic heterocycles. The molecule has 6 heteroatoms. The van der Waals surface area contributed by atoms with E-state index in [0.29, 0.717) is 25.6 Å². The van der Waals surface area contributed by atoms with Crippen LogP contribution in [0.4, 0.5) is 0 Å². The van der Waals surface area contributed by atoms with Crippen molar-refractivity contribution in [3.63, 3.8) is 0 Å². The quantitative estimate of drug-likeness (QED) is 0.723. The highest BCUT2D eigenvalue weighted by Crippen LogP contribution is 2.24. The molecule has 2 rings (SSSR count). The fraction of sp³-hybridized carbons (Fsp3) is 1.00. The lowest BCUT2D eigenvalue weighted by Gasteiger charge is -2.37. The van der Waals surface area contributed by atoms with Gasteiger partial charge >= 0.3 is 0 Å². The highest BCUT2D eigenvalue weighted by atomic mass is 32.2. The highest BCUT2D eigenvalue weighted by molar-refractivity contribution is 7.89. The molecule has 1 saturated heterocycles. The maximum absolute atomic E-state index is 12.2. The van der Waals surface area contributed by atoms with E-state index in [1.54, 1.807) is 4.31 Å². The molecule has 1 saturated carbocycles. The third kappa shape index (κ3) is 4.15. The molecule has 0 aromatic carbocycles. The summed E-state index contributed by atoms with van der Waals surface area (Å²) in [6, 6.07) is 0.717. The van der Waals surface area contributed by atoms with Crippen LogP contribution in [0.2, 0.25) is 0 Å². The Bertz CT molecular complexity index is 358. The normalized spacial score (nSPS) is 24.1. The van der Waals surface area contributed by atoms with Crippen molar-refractivity contribution in [2.45, 2.75) is 38.1 Å². The molecule has 19 heavy (non-hydrogen) atoms. The lowest BCUT2D eigenvalue weighted by molar-refractivity contribution is 0.139. The van der Waals surface area contributed by atoms with Crippen LogP contribution < -0.4 is 5.32 Å². The first-order valence-electron chi connectivity index (χ1n) is 7.50. The monoisotopic (exact) mass is 289 g/mol. The number of rotatable bonds is 6. The summed E-state index contributed by atoms with van der Waals surface area (Å²) in [4.78, 5) is 2.49. The van der Waals surface area contributed by atoms with Crippen LogP contribution in [0.25, 0.3) is 0 Å². The standard InChI is InChI=1S/C13H27N3O2S/c1-14-7-4-12-19(17,18)16-10-8-15(9-11-16)13-5-2-3-6-13/h13-14H,2-12H2,1H3. The largest absolute Gasteiger partial charge is 0.320 e. The highest BCUT2D eigenvalue weighted by Gasteiger charge is 2.30. The Labute approximate surface area is 117 Å². The number of hydrogen-bond acceptors (Lipinski definition) is 4. The summed E-state index contributed by atoms with van der Waals surface area (Å²) in [5.41, 5.74) is 0. The Hall–Kier alpha value is -0.170. The van der Waals surface area contributed by atoms with Crippen LogP contribution in [-0.4, -0.2) is 69.2 Å². The molecule has 2 fully saturated rings. The second kappa shape index (κ2) is 7.02. The van der Waals surface area contributed by atoms with Crippen LogP contribution in [0.5, 0.6) is 0 Å². The van der Waals surface area contributed by atoms with Crippen LogP contribution in [0.1, 0.15) is 32.1 Å². The van der Waals surface area contributed by atoms with E-state index in [1.807, 2.05) is 7.05 Å². The zero-order chi connectivity index (χ0) is 13.7. The third-order valence-electron chi connectivity index (χ3n) is 4.34. The molecule has 0 unspecified atom stereocenters. The Morgan fingerprint density at radius 3 is 2.32 bits per heavy atom. The molecule has 0 bridgehead atoms. The maximum Gasteiger partial charge on any atom is 0.214 e. The van der Waals surface area contributed by atoms with Gasteiger partial charge in [-0.15, -0.1) is 0 Å². The molecule has 2 aliphatic rings. The predicted molar refractivity (Wildman–Crippen MR) is 77.7 cm³/mol. The summed E-state index contributed by atoms with van der Waals surface area (Å²) in [6.45, 7) is 3.95. The van der Waals surface area contributed by atoms with Gasteiger partial charge in [0.2, 0.25) is 10.0 Å². The Kier molecular flexibility index (Phi) is 5.62. The number of nitrogens with zero attached hydrogens (tertiary/aromatic N) is 2. The summed E-state index contributed by atoms with van der Waals surface area (Å²) in [5.74, 6) is 0.275. The average Bonchev–Trinajstić information content (AvgIpc) is 2.93. The van der Waals surface area contributed by atoms with Gasteiger partial charge in [0.15, 0.2) is 0 Å². The van der Waals surface area contributed by atoms with Crippen molar-refractivity contribution in [2.75, 3.05) is 45.5 Å². The first-order valence-corrected chi connectivity index (χ1v) is 9.11. The first-order chi connectivity index (χ1) is 9.13. The van der Waals surface area contributed by atoms with E-state index in [-0.39, 0.29) is 5.75 Å². The van der Waals surface area contributed by atoms with E-state index in [9.17, 15) is 8.42 Å². The fourth-order valence-electron chi connectivity index (χ4n) is 3.18. The van der Waals surface area contributed by atoms with Crippen molar-refractivity contribution in [1.29, 1.82) is 0 Å². The van der Waals surface area contributed by atoms with E-state index < -0.39 is 10.0 Å². The molecule has 112 valence electrons. The van der Waals surface area contributed by atoms with Gasteiger partial charge in [0.1, 0.15) is 0 Å². The molecule has 0 radical (unpaired) electrons. The molecule has 5 nitrogen and oxygen atoms in total. The average molecular weight is 289 g/mol. The van der Waals surface area contributed by atoms with Gasteiger partial charge in [-0.25, -0.2) is 8.42 Å². The van der Waals surface area contributed by atoms with Crippen LogP contribution >= 0.6 is 0 Å². The van der Waals surface area contributed by atoms with Crippen LogP contribution in [0.3, 0.4) is 0 Å². The zero-order valence-corrected chi connectivity index (χ0v) is 12.8. The number of piperazine rings is 1. The fourth-order valence-corrected chi connectivity index (χ4v) is 4.66. The van der Waals surface area contributed by atoms with Crippen molar-refractivity contribution < 1.29 is 8.42 Å². The van der Waals surface area contributed by atoms with Crippen molar-refractivity contribution in [3.8, 4) is 0 Å². The molecule has 1 N–H and O–H groups in total. The topological polar surface area (TPSA) is 52.7 Å². The van der Waals surface area contributed by atoms with Crippen LogP contribution in [0.15, 0.2) is 0 Å². The van der Waals surface area contributed by atoms with Gasteiger partial charge in [0.25, 0.3) is 0 Å². The Morgan fingerprint density at radius 1 is 1.11 bits per heavy atom. The molecule has 0 amide bonds. The van der Waals surface area contributed by atoms with Gasteiger partial charge in [0, 0.05) is 32.2 Å². The van der Waals surface area contributed by atoms with Gasteiger partial charge in [-0.05, 0) is 32.9 Å². The van der Waals surface area contributed by atoms with E-state index >= 15 is 0 Å². The maximum atomic E-state index is 12.2. The lowest BCUT2D eigenvalue weighted by atomic mass is 10.2. The third-order valence-corrected chi connectivity index (χ3v) is 6.29. The SMILES string of the molecule is CNCCCS(=O)(=O)N1CCN(C2CCCC2)CC1. The number of hydrogen-bond donors (Lipinski definition) is 1. The molecule has 0 spiro atoms. The van der Waals surface area contributed by atoms with Crippen LogP contribution in [0, 0.1) is 0 Å². The second-order valence-electron chi connectivity index (χ2n) is 5.65. The summed E-state index contributed by atoms with van der Waals surface area (Å²) >= 11 is 0. The van der Waals surface area contributed by atoms with E-state index in [1.165, 1.54) is 25.7 Å². The molecular formula is C13H27N3O2S.